The number of hydrogen-bond acceptors (Lipinski definition) is 3. The maximum absolute atomic E-state index is 12.3. The molecule has 0 bridgehead atoms. The fourth-order valence-electron chi connectivity index (χ4n) is 2.63. The van der Waals surface area contributed by atoms with Gasteiger partial charge in [-0.3, -0.25) is 4.79 Å². The van der Waals surface area contributed by atoms with Gasteiger partial charge < -0.3 is 15.5 Å². The van der Waals surface area contributed by atoms with Gasteiger partial charge in [0.25, 0.3) is 0 Å². The van der Waals surface area contributed by atoms with Crippen LogP contribution in [0, 0.1) is 12.8 Å². The van der Waals surface area contributed by atoms with Crippen LogP contribution in [0.4, 0.5) is 5.69 Å². The molecule has 1 aliphatic heterocycles. The molecule has 0 saturated carbocycles. The summed E-state index contributed by atoms with van der Waals surface area (Å²) in [6, 6.07) is 6.21. The van der Waals surface area contributed by atoms with Crippen molar-refractivity contribution in [3.05, 3.63) is 29.3 Å². The van der Waals surface area contributed by atoms with Crippen molar-refractivity contribution >= 4 is 36.4 Å². The van der Waals surface area contributed by atoms with E-state index in [2.05, 4.69) is 28.5 Å². The molecule has 1 atom stereocenters. The van der Waals surface area contributed by atoms with E-state index in [1.54, 1.807) is 0 Å². The highest BCUT2D eigenvalue weighted by Crippen LogP contribution is 2.21. The van der Waals surface area contributed by atoms with Crippen LogP contribution in [-0.4, -0.2) is 38.0 Å². The van der Waals surface area contributed by atoms with Crippen LogP contribution in [0.3, 0.4) is 0 Å². The first-order valence-electron chi connectivity index (χ1n) is 7.32. The van der Waals surface area contributed by atoms with Crippen molar-refractivity contribution in [3.63, 3.8) is 0 Å². The highest BCUT2D eigenvalue weighted by atomic mass is 35.5. The molecule has 1 saturated heterocycles. The quantitative estimate of drug-likeness (QED) is 0.880. The molecule has 4 nitrogen and oxygen atoms in total. The van der Waals surface area contributed by atoms with Crippen LogP contribution in [-0.2, 0) is 11.3 Å². The van der Waals surface area contributed by atoms with Crippen LogP contribution >= 0.6 is 24.8 Å². The Morgan fingerprint density at radius 1 is 1.36 bits per heavy atom. The molecule has 2 N–H and O–H groups in total. The summed E-state index contributed by atoms with van der Waals surface area (Å²) in [6.45, 7) is 4.73. The summed E-state index contributed by atoms with van der Waals surface area (Å²) in [5, 5.41) is 6.40. The largest absolute Gasteiger partial charge is 0.326 e. The average Bonchev–Trinajstić information content (AvgIpc) is 2.42. The number of amides is 1. The predicted molar refractivity (Wildman–Crippen MR) is 97.3 cm³/mol. The van der Waals surface area contributed by atoms with E-state index < -0.39 is 0 Å². The number of anilines is 1. The minimum Gasteiger partial charge on any atom is -0.326 e. The lowest BCUT2D eigenvalue weighted by molar-refractivity contribution is -0.120. The first-order chi connectivity index (χ1) is 9.56. The third-order valence-electron chi connectivity index (χ3n) is 3.67. The second kappa shape index (κ2) is 10.1. The molecule has 1 heterocycles. The van der Waals surface area contributed by atoms with Gasteiger partial charge in [-0.15, -0.1) is 24.8 Å². The third-order valence-corrected chi connectivity index (χ3v) is 3.67. The maximum atomic E-state index is 12.3. The van der Waals surface area contributed by atoms with Crippen molar-refractivity contribution in [2.24, 2.45) is 5.92 Å². The van der Waals surface area contributed by atoms with Gasteiger partial charge in [-0.2, -0.15) is 0 Å². The highest BCUT2D eigenvalue weighted by molar-refractivity contribution is 5.93. The number of nitrogens with zero attached hydrogens (tertiary/aromatic N) is 1. The Balaban J connectivity index is 0.00000220. The van der Waals surface area contributed by atoms with Gasteiger partial charge in [-0.25, -0.2) is 0 Å². The number of carbonyl (C=O) groups excluding carboxylic acids is 1. The summed E-state index contributed by atoms with van der Waals surface area (Å²) in [4.78, 5) is 14.4. The van der Waals surface area contributed by atoms with Crippen LogP contribution in [0.5, 0.6) is 0 Å². The number of aryl methyl sites for hydroxylation is 1. The summed E-state index contributed by atoms with van der Waals surface area (Å²) in [6.07, 6.45) is 2.06. The summed E-state index contributed by atoms with van der Waals surface area (Å²) in [7, 11) is 4.08. The number of hydrogen-bond donors (Lipinski definition) is 2. The van der Waals surface area contributed by atoms with E-state index in [1.165, 1.54) is 11.1 Å². The first kappa shape index (κ1) is 21.2. The first-order valence-corrected chi connectivity index (χ1v) is 7.32. The Kier molecular flexibility index (Phi) is 9.69. The molecule has 0 aromatic heterocycles. The molecule has 1 unspecified atom stereocenters. The molecule has 0 radical (unpaired) electrons. The monoisotopic (exact) mass is 347 g/mol. The van der Waals surface area contributed by atoms with Gasteiger partial charge in [0.05, 0.1) is 5.92 Å². The Morgan fingerprint density at radius 2 is 2.09 bits per heavy atom. The lowest BCUT2D eigenvalue weighted by Crippen LogP contribution is -2.37. The molecule has 2 rings (SSSR count). The molecule has 126 valence electrons. The fraction of sp³-hybridized carbons (Fsp3) is 0.562. The van der Waals surface area contributed by atoms with Gasteiger partial charge in [0, 0.05) is 18.8 Å². The lowest BCUT2D eigenvalue weighted by atomic mass is 9.98. The number of halogens is 2. The summed E-state index contributed by atoms with van der Waals surface area (Å²) in [5.74, 6) is 0.235. The van der Waals surface area contributed by atoms with Crippen molar-refractivity contribution in [2.75, 3.05) is 32.5 Å². The second-order valence-electron chi connectivity index (χ2n) is 5.93. The number of carbonyl (C=O) groups is 1. The van der Waals surface area contributed by atoms with Crippen LogP contribution < -0.4 is 10.6 Å². The van der Waals surface area contributed by atoms with Crippen molar-refractivity contribution in [3.8, 4) is 0 Å². The average molecular weight is 348 g/mol. The van der Waals surface area contributed by atoms with Gasteiger partial charge in [0.15, 0.2) is 0 Å². The standard InChI is InChI=1S/C16H25N3O.2ClH/c1-12-6-7-15(14(9-12)11-19(2)3)18-16(20)13-5-4-8-17-10-13;;/h6-7,9,13,17H,4-5,8,10-11H2,1-3H3,(H,18,20);2*1H. The third kappa shape index (κ3) is 6.13. The minimum absolute atomic E-state index is 0. The minimum atomic E-state index is 0. The SMILES string of the molecule is Cc1ccc(NC(=O)C2CCCNC2)c(CN(C)C)c1.Cl.Cl. The van der Waals surface area contributed by atoms with Crippen molar-refractivity contribution in [1.82, 2.24) is 10.2 Å². The molecule has 1 aliphatic rings. The van der Waals surface area contributed by atoms with Gasteiger partial charge in [-0.05, 0) is 52.0 Å². The molecule has 1 aromatic carbocycles. The number of piperidine rings is 1. The van der Waals surface area contributed by atoms with Crippen molar-refractivity contribution in [1.29, 1.82) is 0 Å². The van der Waals surface area contributed by atoms with E-state index in [-0.39, 0.29) is 36.6 Å². The Morgan fingerprint density at radius 3 is 2.68 bits per heavy atom. The molecule has 22 heavy (non-hydrogen) atoms. The number of nitrogens with one attached hydrogen (secondary N) is 2. The predicted octanol–water partition coefficient (Wildman–Crippen LogP) is 2.84. The normalized spacial score (nSPS) is 17.4. The van der Waals surface area contributed by atoms with Crippen LogP contribution in [0.2, 0.25) is 0 Å². The zero-order valence-electron chi connectivity index (χ0n) is 13.5. The summed E-state index contributed by atoms with van der Waals surface area (Å²) in [5.41, 5.74) is 3.34. The van der Waals surface area contributed by atoms with E-state index in [4.69, 9.17) is 0 Å². The molecule has 0 spiro atoms. The van der Waals surface area contributed by atoms with Crippen molar-refractivity contribution < 1.29 is 4.79 Å². The maximum Gasteiger partial charge on any atom is 0.228 e. The smallest absolute Gasteiger partial charge is 0.228 e. The van der Waals surface area contributed by atoms with E-state index in [9.17, 15) is 4.79 Å². The molecule has 1 amide bonds. The number of rotatable bonds is 4. The van der Waals surface area contributed by atoms with E-state index in [0.717, 1.165) is 38.2 Å². The zero-order chi connectivity index (χ0) is 14.5. The molecular formula is C16H27Cl2N3O. The zero-order valence-corrected chi connectivity index (χ0v) is 15.1. The van der Waals surface area contributed by atoms with Crippen LogP contribution in [0.15, 0.2) is 18.2 Å². The Hall–Kier alpha value is -0.810. The van der Waals surface area contributed by atoms with Gasteiger partial charge in [-0.1, -0.05) is 17.7 Å². The van der Waals surface area contributed by atoms with Crippen LogP contribution in [0.25, 0.3) is 0 Å². The van der Waals surface area contributed by atoms with Gasteiger partial charge >= 0.3 is 0 Å². The lowest BCUT2D eigenvalue weighted by Gasteiger charge is -2.23. The molecule has 0 aliphatic carbocycles. The summed E-state index contributed by atoms with van der Waals surface area (Å²) < 4.78 is 0. The van der Waals surface area contributed by atoms with Crippen molar-refractivity contribution in [2.45, 2.75) is 26.3 Å². The molecule has 6 heteroatoms. The highest BCUT2D eigenvalue weighted by Gasteiger charge is 2.21. The van der Waals surface area contributed by atoms with E-state index in [0.29, 0.717) is 0 Å². The second-order valence-corrected chi connectivity index (χ2v) is 5.93. The topological polar surface area (TPSA) is 44.4 Å². The number of benzene rings is 1. The van der Waals surface area contributed by atoms with Gasteiger partial charge in [0.2, 0.25) is 5.91 Å². The molecule has 1 aromatic rings. The van der Waals surface area contributed by atoms with E-state index >= 15 is 0 Å². The molecular weight excluding hydrogens is 321 g/mol. The fourth-order valence-corrected chi connectivity index (χ4v) is 2.63. The molecule has 1 fully saturated rings. The van der Waals surface area contributed by atoms with Gasteiger partial charge in [0.1, 0.15) is 0 Å². The Labute approximate surface area is 145 Å². The summed E-state index contributed by atoms with van der Waals surface area (Å²) >= 11 is 0. The van der Waals surface area contributed by atoms with E-state index in [1.807, 2.05) is 26.2 Å². The Bertz CT molecular complexity index is 474. The van der Waals surface area contributed by atoms with Crippen LogP contribution in [0.1, 0.15) is 24.0 Å².